The van der Waals surface area contributed by atoms with Gasteiger partial charge in [0.2, 0.25) is 0 Å². The van der Waals surface area contributed by atoms with E-state index in [9.17, 15) is 0 Å². The highest BCUT2D eigenvalue weighted by molar-refractivity contribution is 7.26. The number of rotatable bonds is 14. The number of benzene rings is 15. The summed E-state index contributed by atoms with van der Waals surface area (Å²) in [4.78, 5) is 53.2. The largest absolute Gasteiger partial charge is 0.456 e. The lowest BCUT2D eigenvalue weighted by Crippen LogP contribution is -2.00. The maximum Gasteiger partial charge on any atom is 0.164 e. The van der Waals surface area contributed by atoms with Crippen molar-refractivity contribution in [3.05, 3.63) is 364 Å². The van der Waals surface area contributed by atoms with E-state index in [0.717, 1.165) is 180 Å². The van der Waals surface area contributed by atoms with E-state index in [1.807, 2.05) is 121 Å². The molecule has 0 radical (unpaired) electrons. The van der Waals surface area contributed by atoms with Gasteiger partial charge in [-0.05, 0) is 93.5 Å². The molecule has 0 aliphatic heterocycles. The Morgan fingerprint density at radius 2 is 0.508 bits per heavy atom. The van der Waals surface area contributed by atoms with Gasteiger partial charge in [-0.1, -0.05) is 309 Å². The number of hydrogen-bond donors (Lipinski definition) is 0. The Morgan fingerprint density at radius 3 is 1.03 bits per heavy atom. The summed E-state index contributed by atoms with van der Waals surface area (Å²) in [6.07, 6.45) is 0. The predicted molar refractivity (Wildman–Crippen MR) is 481 cm³/mol. The molecule has 8 heterocycles. The summed E-state index contributed by atoms with van der Waals surface area (Å²) in [6.45, 7) is 0. The first-order valence-electron chi connectivity index (χ1n) is 39.0. The standard InChI is InChI=1S/C104H60N10O2S2/c1-6-25-64(26-7-1)90-95-92(77-39-16-18-47-84(77)117-95)107-97(105-90)69-55-53-62(54-56-69)74-41-22-44-81-86(74)88-79(43-24-45-82(88)115-81)103-111-100(68-33-14-5-15-34-68)110-102(114-103)72-37-20-35-70(59-72)61-49-51-63(52-50-61)76-57-58-80(104-112-98(66-29-10-3-11-30-66)109-99(113-104)67-31-12-4-13-32-67)89-87-75(42-23-46-83(87)116-94(76)89)71-36-21-38-73(60-71)101-106-91(65-27-8-2-9-28-65)96-93(108-101)78-40-17-19-48-85(78)118-96/h1-60H. The third kappa shape index (κ3) is 11.9. The molecule has 0 fully saturated rings. The van der Waals surface area contributed by atoms with E-state index < -0.39 is 0 Å². The number of thiophene rings is 2. The van der Waals surface area contributed by atoms with Crippen LogP contribution in [-0.4, -0.2) is 49.8 Å². The Labute approximate surface area is 683 Å². The van der Waals surface area contributed by atoms with Crippen molar-refractivity contribution in [2.24, 2.45) is 0 Å². The Hall–Kier alpha value is -15.5. The van der Waals surface area contributed by atoms with Gasteiger partial charge in [0, 0.05) is 103 Å². The van der Waals surface area contributed by atoms with Gasteiger partial charge in [-0.15, -0.1) is 22.7 Å². The number of furan rings is 2. The van der Waals surface area contributed by atoms with E-state index in [-0.39, 0.29) is 0 Å². The Morgan fingerprint density at radius 1 is 0.186 bits per heavy atom. The van der Waals surface area contributed by atoms with Crippen molar-refractivity contribution in [2.75, 3.05) is 0 Å². The monoisotopic (exact) mass is 1540 g/mol. The van der Waals surface area contributed by atoms with Crippen LogP contribution in [0.3, 0.4) is 0 Å². The molecular weight excluding hydrogens is 1490 g/mol. The molecule has 0 bridgehead atoms. The second-order valence-electron chi connectivity index (χ2n) is 29.2. The number of aromatic nitrogens is 10. The molecule has 15 aromatic carbocycles. The smallest absolute Gasteiger partial charge is 0.164 e. The SMILES string of the molecule is c1ccc(-c2nc(-c3cccc(-c4ccc(-c5ccc(-c6nc(-c7ccccc7)nc(-c7ccccc7)n6)c6c5oc5cccc(-c7cccc(-c8nc(-c9ccccc9)c9sc%10ccccc%10c9n8)c7)c56)cc4)c3)nc(-c3cccc4oc5cccc(-c6ccc(-c7nc(-c8ccccc8)c8sc9ccccc9c8n7)cc6)c5c34)n2)cc1. The van der Waals surface area contributed by atoms with Gasteiger partial charge >= 0.3 is 0 Å². The molecule has 0 amide bonds. The van der Waals surface area contributed by atoms with E-state index in [4.69, 9.17) is 58.7 Å². The van der Waals surface area contributed by atoms with Crippen molar-refractivity contribution < 1.29 is 8.83 Å². The topological polar surface area (TPSA) is 155 Å². The minimum atomic E-state index is 0.510. The summed E-state index contributed by atoms with van der Waals surface area (Å²) in [5.74, 6) is 4.51. The first-order valence-corrected chi connectivity index (χ1v) is 40.6. The molecule has 0 N–H and O–H groups in total. The molecule has 550 valence electrons. The molecule has 118 heavy (non-hydrogen) atoms. The van der Waals surface area contributed by atoms with E-state index in [1.165, 1.54) is 4.70 Å². The van der Waals surface area contributed by atoms with Crippen LogP contribution in [0.15, 0.2) is 373 Å². The Balaban J connectivity index is 0.627. The first kappa shape index (κ1) is 68.1. The Bertz CT molecular complexity index is 7860. The normalized spacial score (nSPS) is 11.7. The van der Waals surface area contributed by atoms with Crippen LogP contribution in [0.25, 0.3) is 243 Å². The van der Waals surface area contributed by atoms with Gasteiger partial charge in [-0.25, -0.2) is 49.8 Å². The minimum absolute atomic E-state index is 0.510. The minimum Gasteiger partial charge on any atom is -0.456 e. The average molecular weight is 1550 g/mol. The van der Waals surface area contributed by atoms with Crippen LogP contribution >= 0.6 is 22.7 Å². The number of hydrogen-bond acceptors (Lipinski definition) is 14. The van der Waals surface area contributed by atoms with E-state index in [0.29, 0.717) is 57.8 Å². The highest BCUT2D eigenvalue weighted by Crippen LogP contribution is 2.49. The molecule has 14 heteroatoms. The molecular formula is C104H60N10O2S2. The van der Waals surface area contributed by atoms with Crippen molar-refractivity contribution in [1.82, 2.24) is 49.8 Å². The third-order valence-electron chi connectivity index (χ3n) is 22.1. The fourth-order valence-corrected chi connectivity index (χ4v) is 18.8. The fourth-order valence-electron chi connectivity index (χ4n) is 16.5. The van der Waals surface area contributed by atoms with Gasteiger partial charge in [-0.3, -0.25) is 0 Å². The van der Waals surface area contributed by atoms with Gasteiger partial charge in [0.25, 0.3) is 0 Å². The molecule has 0 aliphatic rings. The lowest BCUT2D eigenvalue weighted by atomic mass is 9.93. The van der Waals surface area contributed by atoms with Crippen LogP contribution in [0, 0.1) is 0 Å². The summed E-state index contributed by atoms with van der Waals surface area (Å²) >= 11 is 3.46. The lowest BCUT2D eigenvalue weighted by Gasteiger charge is -2.12. The highest BCUT2D eigenvalue weighted by Gasteiger charge is 2.27. The van der Waals surface area contributed by atoms with Crippen molar-refractivity contribution >= 4 is 107 Å². The summed E-state index contributed by atoms with van der Waals surface area (Å²) in [6, 6.07) is 125. The summed E-state index contributed by atoms with van der Waals surface area (Å²) in [7, 11) is 0. The maximum absolute atomic E-state index is 7.31. The third-order valence-corrected chi connectivity index (χ3v) is 24.4. The van der Waals surface area contributed by atoms with Gasteiger partial charge in [0.15, 0.2) is 46.6 Å². The van der Waals surface area contributed by atoms with Crippen LogP contribution in [0.1, 0.15) is 0 Å². The molecule has 0 saturated heterocycles. The molecule has 8 aromatic heterocycles. The molecule has 12 nitrogen and oxygen atoms in total. The predicted octanol–water partition coefficient (Wildman–Crippen LogP) is 27.5. The molecule has 23 aromatic rings. The van der Waals surface area contributed by atoms with E-state index in [2.05, 4.69) is 243 Å². The zero-order valence-electron chi connectivity index (χ0n) is 62.7. The molecule has 23 rings (SSSR count). The van der Waals surface area contributed by atoms with E-state index >= 15 is 0 Å². The maximum atomic E-state index is 7.31. The van der Waals surface area contributed by atoms with Crippen LogP contribution in [0.4, 0.5) is 0 Å². The number of fused-ring (bicyclic) bond motifs is 12. The lowest BCUT2D eigenvalue weighted by molar-refractivity contribution is 0.669. The van der Waals surface area contributed by atoms with Gasteiger partial charge in [0.1, 0.15) is 22.3 Å². The molecule has 0 atom stereocenters. The van der Waals surface area contributed by atoms with Gasteiger partial charge in [0.05, 0.1) is 31.8 Å². The van der Waals surface area contributed by atoms with Gasteiger partial charge < -0.3 is 8.83 Å². The van der Waals surface area contributed by atoms with Crippen molar-refractivity contribution in [1.29, 1.82) is 0 Å². The van der Waals surface area contributed by atoms with Crippen LogP contribution in [0.2, 0.25) is 0 Å². The zero-order valence-corrected chi connectivity index (χ0v) is 64.4. The summed E-state index contributed by atoms with van der Waals surface area (Å²) in [5, 5.41) is 5.86. The van der Waals surface area contributed by atoms with Crippen molar-refractivity contribution in [2.45, 2.75) is 0 Å². The van der Waals surface area contributed by atoms with Crippen LogP contribution in [-0.2, 0) is 0 Å². The molecule has 0 aliphatic carbocycles. The number of nitrogens with zero attached hydrogens (tertiary/aromatic N) is 10. The van der Waals surface area contributed by atoms with Crippen LogP contribution in [0.5, 0.6) is 0 Å². The van der Waals surface area contributed by atoms with Crippen LogP contribution < -0.4 is 0 Å². The first-order chi connectivity index (χ1) is 58.4. The summed E-state index contributed by atoms with van der Waals surface area (Å²) in [5.41, 5.74) is 23.3. The quantitative estimate of drug-likeness (QED) is 0.102. The van der Waals surface area contributed by atoms with Crippen molar-refractivity contribution in [3.63, 3.8) is 0 Å². The highest BCUT2D eigenvalue weighted by atomic mass is 32.1. The zero-order chi connectivity index (χ0) is 77.7. The van der Waals surface area contributed by atoms with E-state index in [1.54, 1.807) is 22.7 Å². The molecule has 0 saturated carbocycles. The fraction of sp³-hybridized carbons (Fsp3) is 0. The second-order valence-corrected chi connectivity index (χ2v) is 31.3. The van der Waals surface area contributed by atoms with Crippen molar-refractivity contribution in [3.8, 4) is 158 Å². The second kappa shape index (κ2) is 28.3. The average Bonchev–Trinajstić information content (AvgIpc) is 1.61. The molecule has 0 spiro atoms. The van der Waals surface area contributed by atoms with Gasteiger partial charge in [-0.2, -0.15) is 0 Å². The molecule has 0 unspecified atom stereocenters. The Kier molecular flexibility index (Phi) is 16.3. The summed E-state index contributed by atoms with van der Waals surface area (Å²) < 4.78 is 18.6.